The minimum atomic E-state index is -0.254. The van der Waals surface area contributed by atoms with Crippen LogP contribution < -0.4 is 14.4 Å². The summed E-state index contributed by atoms with van der Waals surface area (Å²) in [5, 5.41) is 4.50. The summed E-state index contributed by atoms with van der Waals surface area (Å²) in [5.41, 5.74) is 2.59. The summed E-state index contributed by atoms with van der Waals surface area (Å²) in [4.78, 5) is 20.2. The summed E-state index contributed by atoms with van der Waals surface area (Å²) in [7, 11) is 3.21. The van der Waals surface area contributed by atoms with Gasteiger partial charge in [-0.25, -0.2) is 4.68 Å². The van der Waals surface area contributed by atoms with Gasteiger partial charge in [-0.1, -0.05) is 54.6 Å². The second-order valence-corrected chi connectivity index (χ2v) is 7.83. The minimum absolute atomic E-state index is 0.0579. The first-order chi connectivity index (χ1) is 16.2. The highest BCUT2D eigenvalue weighted by Gasteiger charge is 2.40. The molecule has 0 spiro atoms. The number of benzene rings is 3. The Morgan fingerprint density at radius 3 is 2.27 bits per heavy atom. The highest BCUT2D eigenvalue weighted by molar-refractivity contribution is 6.07. The normalized spacial score (nSPS) is 17.3. The average molecular weight is 441 g/mol. The van der Waals surface area contributed by atoms with Crippen molar-refractivity contribution in [3.05, 3.63) is 102 Å². The maximum atomic E-state index is 13.9. The number of para-hydroxylation sites is 1. The largest absolute Gasteiger partial charge is 0.497 e. The monoisotopic (exact) mass is 440 g/mol. The van der Waals surface area contributed by atoms with Gasteiger partial charge in [0.1, 0.15) is 17.8 Å². The number of hydrogen-bond acceptors (Lipinski definition) is 5. The third-order valence-corrected chi connectivity index (χ3v) is 6.06. The number of hydrogen-bond donors (Lipinski definition) is 0. The van der Waals surface area contributed by atoms with E-state index in [1.165, 1.54) is 6.33 Å². The number of carbonyl (C=O) groups is 1. The standard InChI is InChI=1S/C26H24N4O3/c1-32-20-14-12-19(13-15-20)22-16-23(18-8-4-3-5-9-18)30-26(27-17-28-30)29(22)25(31)21-10-6-7-11-24(21)33-2/h3-15,17,22-23H,16H2,1-2H3/t22-,23+/m1/s1. The highest BCUT2D eigenvalue weighted by Crippen LogP contribution is 2.43. The number of methoxy groups -OCH3 is 2. The lowest BCUT2D eigenvalue weighted by atomic mass is 9.91. The van der Waals surface area contributed by atoms with Crippen molar-refractivity contribution >= 4 is 11.9 Å². The fraction of sp³-hybridized carbons (Fsp3) is 0.192. The maximum Gasteiger partial charge on any atom is 0.264 e. The molecule has 4 aromatic rings. The first kappa shape index (κ1) is 20.8. The SMILES string of the molecule is COc1ccc([C@H]2C[C@@H](c3ccccc3)n3ncnc3N2C(=O)c2ccccc2OC)cc1. The van der Waals surface area contributed by atoms with Crippen molar-refractivity contribution in [2.75, 3.05) is 19.1 Å². The predicted octanol–water partition coefficient (Wildman–Crippen LogP) is 4.68. The lowest BCUT2D eigenvalue weighted by molar-refractivity contribution is 0.0960. The number of anilines is 1. The van der Waals surface area contributed by atoms with E-state index in [2.05, 4.69) is 22.2 Å². The Hall–Kier alpha value is -4.13. The molecule has 2 atom stereocenters. The molecule has 0 N–H and O–H groups in total. The molecule has 1 aliphatic rings. The number of amides is 1. The van der Waals surface area contributed by atoms with Gasteiger partial charge in [0.05, 0.1) is 31.9 Å². The van der Waals surface area contributed by atoms with Crippen LogP contribution in [0.4, 0.5) is 5.95 Å². The predicted molar refractivity (Wildman–Crippen MR) is 125 cm³/mol. The van der Waals surface area contributed by atoms with Crippen LogP contribution >= 0.6 is 0 Å². The van der Waals surface area contributed by atoms with Crippen LogP contribution in [-0.4, -0.2) is 34.9 Å². The molecule has 2 heterocycles. The van der Waals surface area contributed by atoms with E-state index in [9.17, 15) is 4.79 Å². The Kier molecular flexibility index (Phi) is 5.52. The van der Waals surface area contributed by atoms with E-state index in [4.69, 9.17) is 9.47 Å². The molecule has 166 valence electrons. The molecular weight excluding hydrogens is 416 g/mol. The van der Waals surface area contributed by atoms with Crippen molar-refractivity contribution in [3.8, 4) is 11.5 Å². The van der Waals surface area contributed by atoms with Gasteiger partial charge >= 0.3 is 0 Å². The van der Waals surface area contributed by atoms with Crippen molar-refractivity contribution < 1.29 is 14.3 Å². The Balaban J connectivity index is 1.65. The van der Waals surface area contributed by atoms with Gasteiger partial charge in [-0.2, -0.15) is 10.1 Å². The van der Waals surface area contributed by atoms with Gasteiger partial charge in [0, 0.05) is 0 Å². The average Bonchev–Trinajstić information content (AvgIpc) is 3.37. The van der Waals surface area contributed by atoms with Gasteiger partial charge in [-0.15, -0.1) is 0 Å². The summed E-state index contributed by atoms with van der Waals surface area (Å²) in [6.45, 7) is 0. The van der Waals surface area contributed by atoms with Gasteiger partial charge in [0.2, 0.25) is 5.95 Å². The number of ether oxygens (including phenoxy) is 2. The molecule has 0 aliphatic carbocycles. The second kappa shape index (κ2) is 8.78. The highest BCUT2D eigenvalue weighted by atomic mass is 16.5. The summed E-state index contributed by atoms with van der Waals surface area (Å²) in [6.07, 6.45) is 2.15. The zero-order chi connectivity index (χ0) is 22.8. The molecule has 0 fully saturated rings. The fourth-order valence-electron chi connectivity index (χ4n) is 4.44. The smallest absolute Gasteiger partial charge is 0.264 e. The second-order valence-electron chi connectivity index (χ2n) is 7.83. The number of nitrogens with zero attached hydrogens (tertiary/aromatic N) is 4. The third kappa shape index (κ3) is 3.71. The number of carbonyl (C=O) groups excluding carboxylic acids is 1. The van der Waals surface area contributed by atoms with Crippen molar-refractivity contribution in [2.45, 2.75) is 18.5 Å². The third-order valence-electron chi connectivity index (χ3n) is 6.06. The van der Waals surface area contributed by atoms with Gasteiger partial charge in [-0.3, -0.25) is 9.69 Å². The Morgan fingerprint density at radius 2 is 1.55 bits per heavy atom. The van der Waals surface area contributed by atoms with Gasteiger partial charge in [0.25, 0.3) is 5.91 Å². The molecule has 7 heteroatoms. The molecule has 3 aromatic carbocycles. The van der Waals surface area contributed by atoms with E-state index < -0.39 is 0 Å². The molecule has 5 rings (SSSR count). The van der Waals surface area contributed by atoms with E-state index in [1.807, 2.05) is 59.3 Å². The molecule has 1 aliphatic heterocycles. The van der Waals surface area contributed by atoms with Gasteiger partial charge in [0.15, 0.2) is 0 Å². The topological polar surface area (TPSA) is 69.5 Å². The van der Waals surface area contributed by atoms with E-state index >= 15 is 0 Å². The number of aromatic nitrogens is 3. The van der Waals surface area contributed by atoms with E-state index in [-0.39, 0.29) is 18.0 Å². The Bertz CT molecular complexity index is 1250. The molecule has 1 amide bonds. The molecular formula is C26H24N4O3. The van der Waals surface area contributed by atoms with Crippen molar-refractivity contribution in [2.24, 2.45) is 0 Å². The lowest BCUT2D eigenvalue weighted by Gasteiger charge is -2.39. The van der Waals surface area contributed by atoms with E-state index in [0.717, 1.165) is 16.9 Å². The van der Waals surface area contributed by atoms with Crippen LogP contribution in [-0.2, 0) is 0 Å². The first-order valence-electron chi connectivity index (χ1n) is 10.8. The number of fused-ring (bicyclic) bond motifs is 1. The molecule has 33 heavy (non-hydrogen) atoms. The lowest BCUT2D eigenvalue weighted by Crippen LogP contribution is -2.42. The van der Waals surface area contributed by atoms with Crippen LogP contribution in [0.25, 0.3) is 0 Å². The molecule has 0 radical (unpaired) electrons. The van der Waals surface area contributed by atoms with Crippen molar-refractivity contribution in [3.63, 3.8) is 0 Å². The van der Waals surface area contributed by atoms with Gasteiger partial charge < -0.3 is 9.47 Å². The van der Waals surface area contributed by atoms with Crippen LogP contribution in [0.5, 0.6) is 11.5 Å². The fourth-order valence-corrected chi connectivity index (χ4v) is 4.44. The van der Waals surface area contributed by atoms with Gasteiger partial charge in [-0.05, 0) is 41.8 Å². The van der Waals surface area contributed by atoms with E-state index in [0.29, 0.717) is 23.7 Å². The Labute approximate surface area is 192 Å². The maximum absolute atomic E-state index is 13.9. The van der Waals surface area contributed by atoms with Crippen molar-refractivity contribution in [1.82, 2.24) is 14.8 Å². The van der Waals surface area contributed by atoms with Crippen LogP contribution in [0, 0.1) is 0 Å². The molecule has 1 aromatic heterocycles. The number of rotatable bonds is 5. The zero-order valence-corrected chi connectivity index (χ0v) is 18.5. The molecule has 0 bridgehead atoms. The summed E-state index contributed by atoms with van der Waals surface area (Å²) in [6, 6.07) is 24.9. The zero-order valence-electron chi connectivity index (χ0n) is 18.5. The minimum Gasteiger partial charge on any atom is -0.497 e. The Morgan fingerprint density at radius 1 is 0.848 bits per heavy atom. The van der Waals surface area contributed by atoms with Crippen LogP contribution in [0.3, 0.4) is 0 Å². The van der Waals surface area contributed by atoms with Crippen LogP contribution in [0.15, 0.2) is 85.2 Å². The molecule has 0 saturated carbocycles. The summed E-state index contributed by atoms with van der Waals surface area (Å²) in [5.74, 6) is 1.60. The van der Waals surface area contributed by atoms with E-state index in [1.54, 1.807) is 31.3 Å². The van der Waals surface area contributed by atoms with Crippen LogP contribution in [0.2, 0.25) is 0 Å². The summed E-state index contributed by atoms with van der Waals surface area (Å²) >= 11 is 0. The quantitative estimate of drug-likeness (QED) is 0.451. The van der Waals surface area contributed by atoms with Crippen molar-refractivity contribution in [1.29, 1.82) is 0 Å². The molecule has 0 unspecified atom stereocenters. The molecule has 7 nitrogen and oxygen atoms in total. The van der Waals surface area contributed by atoms with Crippen LogP contribution in [0.1, 0.15) is 40.0 Å². The first-order valence-corrected chi connectivity index (χ1v) is 10.8. The molecule has 0 saturated heterocycles. The summed E-state index contributed by atoms with van der Waals surface area (Å²) < 4.78 is 12.7.